The molecule has 0 unspecified atom stereocenters. The normalized spacial score (nSPS) is 10.1. The summed E-state index contributed by atoms with van der Waals surface area (Å²) in [5.41, 5.74) is 2.03. The second kappa shape index (κ2) is 5.81. The fraction of sp³-hybridized carbons (Fsp3) is 0.0769. The number of nitrogens with one attached hydrogen (secondary N) is 1. The number of hydrogen-bond acceptors (Lipinski definition) is 3. The molecule has 1 aromatic carbocycles. The largest absolute Gasteiger partial charge is 0.478 e. The molecule has 2 aromatic rings. The molecule has 1 aromatic heterocycles. The number of aromatic nitrogens is 1. The summed E-state index contributed by atoms with van der Waals surface area (Å²) >= 11 is 2.25. The van der Waals surface area contributed by atoms with Crippen LogP contribution in [0.1, 0.15) is 16.1 Å². The standard InChI is InChI=1S/C13H11IN2O2/c14-10-2-1-3-11(6-10)16-8-12-5-4-9(7-15-12)13(17)18/h1-7,16H,8H2,(H,17,18). The predicted molar refractivity (Wildman–Crippen MR) is 77.7 cm³/mol. The molecule has 0 fully saturated rings. The number of rotatable bonds is 4. The SMILES string of the molecule is O=C(O)c1ccc(CNc2cccc(I)c2)nc1. The van der Waals surface area contributed by atoms with Gasteiger partial charge in [-0.05, 0) is 52.9 Å². The molecule has 0 saturated heterocycles. The van der Waals surface area contributed by atoms with E-state index in [9.17, 15) is 4.79 Å². The first-order valence-corrected chi connectivity index (χ1v) is 6.41. The summed E-state index contributed by atoms with van der Waals surface area (Å²) < 4.78 is 1.16. The van der Waals surface area contributed by atoms with Crippen LogP contribution < -0.4 is 5.32 Å². The lowest BCUT2D eigenvalue weighted by Crippen LogP contribution is -2.03. The van der Waals surface area contributed by atoms with Crippen molar-refractivity contribution in [2.75, 3.05) is 5.32 Å². The number of nitrogens with zero attached hydrogens (tertiary/aromatic N) is 1. The van der Waals surface area contributed by atoms with E-state index in [0.717, 1.165) is 15.0 Å². The van der Waals surface area contributed by atoms with Crippen molar-refractivity contribution in [1.29, 1.82) is 0 Å². The fourth-order valence-electron chi connectivity index (χ4n) is 1.45. The van der Waals surface area contributed by atoms with Crippen LogP contribution in [0.25, 0.3) is 0 Å². The van der Waals surface area contributed by atoms with Gasteiger partial charge in [-0.15, -0.1) is 0 Å². The molecule has 92 valence electrons. The van der Waals surface area contributed by atoms with Crippen LogP contribution in [0.4, 0.5) is 5.69 Å². The third-order valence-electron chi connectivity index (χ3n) is 2.37. The van der Waals surface area contributed by atoms with Gasteiger partial charge in [0, 0.05) is 15.5 Å². The van der Waals surface area contributed by atoms with E-state index >= 15 is 0 Å². The molecule has 0 aliphatic carbocycles. The van der Waals surface area contributed by atoms with Gasteiger partial charge in [0.25, 0.3) is 0 Å². The molecular formula is C13H11IN2O2. The van der Waals surface area contributed by atoms with Crippen molar-refractivity contribution in [3.8, 4) is 0 Å². The van der Waals surface area contributed by atoms with Crippen molar-refractivity contribution in [3.63, 3.8) is 0 Å². The number of carboxylic acid groups (broad SMARTS) is 1. The Labute approximate surface area is 118 Å². The van der Waals surface area contributed by atoms with Crippen LogP contribution in [0.3, 0.4) is 0 Å². The second-order valence-electron chi connectivity index (χ2n) is 3.71. The van der Waals surface area contributed by atoms with Gasteiger partial charge >= 0.3 is 5.97 Å². The van der Waals surface area contributed by atoms with Gasteiger partial charge in [-0.2, -0.15) is 0 Å². The maximum atomic E-state index is 10.7. The lowest BCUT2D eigenvalue weighted by atomic mass is 10.2. The number of pyridine rings is 1. The third kappa shape index (κ3) is 3.43. The zero-order chi connectivity index (χ0) is 13.0. The molecule has 18 heavy (non-hydrogen) atoms. The minimum absolute atomic E-state index is 0.202. The average Bonchev–Trinajstić information content (AvgIpc) is 2.37. The minimum atomic E-state index is -0.959. The minimum Gasteiger partial charge on any atom is -0.478 e. The van der Waals surface area contributed by atoms with Crippen LogP contribution in [-0.2, 0) is 6.54 Å². The molecule has 0 atom stereocenters. The fourth-order valence-corrected chi connectivity index (χ4v) is 1.99. The highest BCUT2D eigenvalue weighted by molar-refractivity contribution is 14.1. The highest BCUT2D eigenvalue weighted by atomic mass is 127. The molecule has 1 heterocycles. The molecule has 2 rings (SSSR count). The Bertz CT molecular complexity index is 555. The Morgan fingerprint density at radius 1 is 1.33 bits per heavy atom. The number of carboxylic acids is 1. The van der Waals surface area contributed by atoms with Gasteiger partial charge in [-0.1, -0.05) is 6.07 Å². The summed E-state index contributed by atoms with van der Waals surface area (Å²) in [6.07, 6.45) is 1.37. The van der Waals surface area contributed by atoms with Crippen molar-refractivity contribution >= 4 is 34.2 Å². The second-order valence-corrected chi connectivity index (χ2v) is 4.95. The molecule has 2 N–H and O–H groups in total. The lowest BCUT2D eigenvalue weighted by Gasteiger charge is -2.06. The van der Waals surface area contributed by atoms with Crippen molar-refractivity contribution in [1.82, 2.24) is 4.98 Å². The molecule has 0 bridgehead atoms. The highest BCUT2D eigenvalue weighted by Gasteiger charge is 2.02. The highest BCUT2D eigenvalue weighted by Crippen LogP contribution is 2.13. The molecule has 0 saturated carbocycles. The van der Waals surface area contributed by atoms with Crippen LogP contribution >= 0.6 is 22.6 Å². The van der Waals surface area contributed by atoms with Crippen LogP contribution in [0, 0.1) is 3.57 Å². The summed E-state index contributed by atoms with van der Waals surface area (Å²) in [4.78, 5) is 14.8. The predicted octanol–water partition coefficient (Wildman–Crippen LogP) is 3.00. The molecule has 4 nitrogen and oxygen atoms in total. The lowest BCUT2D eigenvalue weighted by molar-refractivity contribution is 0.0696. The Morgan fingerprint density at radius 2 is 2.17 bits per heavy atom. The first-order valence-electron chi connectivity index (χ1n) is 5.33. The Kier molecular flexibility index (Phi) is 4.14. The van der Waals surface area contributed by atoms with Gasteiger partial charge in [-0.3, -0.25) is 4.98 Å². The number of aromatic carboxylic acids is 1. The quantitative estimate of drug-likeness (QED) is 0.829. The van der Waals surface area contributed by atoms with Crippen molar-refractivity contribution in [2.24, 2.45) is 0 Å². The molecule has 0 radical (unpaired) electrons. The molecule has 0 aliphatic heterocycles. The van der Waals surface area contributed by atoms with Gasteiger partial charge in [0.2, 0.25) is 0 Å². The molecule has 5 heteroatoms. The number of carbonyl (C=O) groups is 1. The smallest absolute Gasteiger partial charge is 0.337 e. The number of halogens is 1. The van der Waals surface area contributed by atoms with Gasteiger partial charge in [0.05, 0.1) is 17.8 Å². The molecule has 0 amide bonds. The van der Waals surface area contributed by atoms with Gasteiger partial charge in [0.1, 0.15) is 0 Å². The zero-order valence-electron chi connectivity index (χ0n) is 9.43. The molecule has 0 aliphatic rings. The average molecular weight is 354 g/mol. The Balaban J connectivity index is 2.00. The Morgan fingerprint density at radius 3 is 2.78 bits per heavy atom. The monoisotopic (exact) mass is 354 g/mol. The van der Waals surface area contributed by atoms with E-state index in [4.69, 9.17) is 5.11 Å². The maximum Gasteiger partial charge on any atom is 0.337 e. The van der Waals surface area contributed by atoms with Crippen LogP contribution in [-0.4, -0.2) is 16.1 Å². The summed E-state index contributed by atoms with van der Waals surface area (Å²) in [6.45, 7) is 0.569. The summed E-state index contributed by atoms with van der Waals surface area (Å²) in [7, 11) is 0. The van der Waals surface area contributed by atoms with Crippen LogP contribution in [0.2, 0.25) is 0 Å². The third-order valence-corrected chi connectivity index (χ3v) is 3.04. The van der Waals surface area contributed by atoms with Crippen molar-refractivity contribution in [2.45, 2.75) is 6.54 Å². The van der Waals surface area contributed by atoms with Crippen molar-refractivity contribution in [3.05, 3.63) is 57.4 Å². The van der Waals surface area contributed by atoms with E-state index in [1.54, 1.807) is 12.1 Å². The molecule has 0 spiro atoms. The van der Waals surface area contributed by atoms with Crippen LogP contribution in [0.15, 0.2) is 42.6 Å². The summed E-state index contributed by atoms with van der Waals surface area (Å²) in [5, 5.41) is 12.0. The van der Waals surface area contributed by atoms with E-state index in [2.05, 4.69) is 32.9 Å². The number of benzene rings is 1. The summed E-state index contributed by atoms with van der Waals surface area (Å²) in [6, 6.07) is 11.3. The summed E-state index contributed by atoms with van der Waals surface area (Å²) in [5.74, 6) is -0.959. The molecular weight excluding hydrogens is 343 g/mol. The van der Waals surface area contributed by atoms with Gasteiger partial charge in [0.15, 0.2) is 0 Å². The Hall–Kier alpha value is -1.63. The van der Waals surface area contributed by atoms with E-state index in [0.29, 0.717) is 6.54 Å². The van der Waals surface area contributed by atoms with E-state index in [1.807, 2.05) is 24.3 Å². The van der Waals surface area contributed by atoms with Crippen molar-refractivity contribution < 1.29 is 9.90 Å². The van der Waals surface area contributed by atoms with E-state index < -0.39 is 5.97 Å². The van der Waals surface area contributed by atoms with Gasteiger partial charge in [-0.25, -0.2) is 4.79 Å². The van der Waals surface area contributed by atoms with Gasteiger partial charge < -0.3 is 10.4 Å². The van der Waals surface area contributed by atoms with E-state index in [-0.39, 0.29) is 5.56 Å². The maximum absolute atomic E-state index is 10.7. The topological polar surface area (TPSA) is 62.2 Å². The van der Waals surface area contributed by atoms with Crippen LogP contribution in [0.5, 0.6) is 0 Å². The van der Waals surface area contributed by atoms with E-state index in [1.165, 1.54) is 6.20 Å². The zero-order valence-corrected chi connectivity index (χ0v) is 11.6. The number of hydrogen-bond donors (Lipinski definition) is 2. The first kappa shape index (κ1) is 12.8. The number of anilines is 1. The first-order chi connectivity index (χ1) is 8.65.